The van der Waals surface area contributed by atoms with E-state index in [1.807, 2.05) is 0 Å². The van der Waals surface area contributed by atoms with Gasteiger partial charge in [0.2, 0.25) is 0 Å². The molecule has 0 radical (unpaired) electrons. The van der Waals surface area contributed by atoms with Crippen LogP contribution >= 0.6 is 12.4 Å². The largest absolute Gasteiger partial charge is 0.490 e. The molecule has 1 atom stereocenters. The van der Waals surface area contributed by atoms with Gasteiger partial charge in [-0.25, -0.2) is 4.39 Å². The summed E-state index contributed by atoms with van der Waals surface area (Å²) in [5, 5.41) is 0. The molecule has 0 bridgehead atoms. The number of halogens is 2. The summed E-state index contributed by atoms with van der Waals surface area (Å²) < 4.78 is 24.9. The minimum Gasteiger partial charge on any atom is -0.490 e. The van der Waals surface area contributed by atoms with Crippen molar-refractivity contribution in [3.63, 3.8) is 0 Å². The number of ketones is 1. The Morgan fingerprint density at radius 3 is 2.46 bits per heavy atom. The molecule has 1 aliphatic heterocycles. The fraction of sp³-hybridized carbons (Fsp3) is 0.350. The predicted molar refractivity (Wildman–Crippen MR) is 101 cm³/mol. The van der Waals surface area contributed by atoms with E-state index < -0.39 is 6.04 Å². The molecule has 26 heavy (non-hydrogen) atoms. The normalized spacial score (nSPS) is 15.8. The first kappa shape index (κ1) is 20.4. The van der Waals surface area contributed by atoms with E-state index in [0.29, 0.717) is 29.9 Å². The quantitative estimate of drug-likeness (QED) is 0.798. The third kappa shape index (κ3) is 4.81. The standard InChI is InChI=1S/C20H22FNO3.ClH/c1-13-2-3-15(12-18(13)21)19(22)20(23)14-4-6-16(7-5-14)25-17-8-10-24-11-9-17;/h2-7,12,17,19H,8-11,22H2,1H3;1H. The van der Waals surface area contributed by atoms with E-state index in [1.54, 1.807) is 43.3 Å². The van der Waals surface area contributed by atoms with Gasteiger partial charge in [0.25, 0.3) is 0 Å². The lowest BCUT2D eigenvalue weighted by molar-refractivity contribution is 0.0256. The van der Waals surface area contributed by atoms with Crippen molar-refractivity contribution in [2.45, 2.75) is 31.9 Å². The average molecular weight is 380 g/mol. The molecule has 1 fully saturated rings. The van der Waals surface area contributed by atoms with Gasteiger partial charge in [0, 0.05) is 18.4 Å². The molecule has 2 N–H and O–H groups in total. The van der Waals surface area contributed by atoms with E-state index in [1.165, 1.54) is 6.07 Å². The minimum atomic E-state index is -0.891. The van der Waals surface area contributed by atoms with Crippen molar-refractivity contribution in [2.75, 3.05) is 13.2 Å². The van der Waals surface area contributed by atoms with E-state index in [2.05, 4.69) is 0 Å². The van der Waals surface area contributed by atoms with Crippen LogP contribution in [0.3, 0.4) is 0 Å². The van der Waals surface area contributed by atoms with Gasteiger partial charge >= 0.3 is 0 Å². The second-order valence-corrected chi connectivity index (χ2v) is 6.30. The highest BCUT2D eigenvalue weighted by atomic mass is 35.5. The lowest BCUT2D eigenvalue weighted by Crippen LogP contribution is -2.26. The third-order valence-electron chi connectivity index (χ3n) is 4.45. The van der Waals surface area contributed by atoms with Crippen molar-refractivity contribution in [1.82, 2.24) is 0 Å². The molecule has 1 heterocycles. The topological polar surface area (TPSA) is 61.6 Å². The Hall–Kier alpha value is -1.95. The van der Waals surface area contributed by atoms with Crippen molar-refractivity contribution >= 4 is 18.2 Å². The number of carbonyl (C=O) groups excluding carboxylic acids is 1. The van der Waals surface area contributed by atoms with E-state index in [0.717, 1.165) is 18.6 Å². The average Bonchev–Trinajstić information content (AvgIpc) is 2.64. The molecule has 0 aromatic heterocycles. The van der Waals surface area contributed by atoms with E-state index in [9.17, 15) is 9.18 Å². The van der Waals surface area contributed by atoms with Crippen LogP contribution in [0.2, 0.25) is 0 Å². The number of aryl methyl sites for hydroxylation is 1. The maximum absolute atomic E-state index is 13.7. The van der Waals surface area contributed by atoms with Gasteiger partial charge in [-0.1, -0.05) is 12.1 Å². The number of Topliss-reactive ketones (excluding diaryl/α,β-unsaturated/α-hetero) is 1. The Balaban J connectivity index is 0.00000243. The van der Waals surface area contributed by atoms with Crippen LogP contribution in [0, 0.1) is 12.7 Å². The smallest absolute Gasteiger partial charge is 0.184 e. The van der Waals surface area contributed by atoms with Gasteiger partial charge in [-0.15, -0.1) is 12.4 Å². The summed E-state index contributed by atoms with van der Waals surface area (Å²) >= 11 is 0. The van der Waals surface area contributed by atoms with Gasteiger partial charge in [-0.2, -0.15) is 0 Å². The van der Waals surface area contributed by atoms with Crippen molar-refractivity contribution in [2.24, 2.45) is 5.73 Å². The molecule has 4 nitrogen and oxygen atoms in total. The highest BCUT2D eigenvalue weighted by Gasteiger charge is 2.19. The lowest BCUT2D eigenvalue weighted by atomic mass is 9.97. The van der Waals surface area contributed by atoms with Crippen LogP contribution in [0.15, 0.2) is 42.5 Å². The first-order valence-electron chi connectivity index (χ1n) is 8.45. The van der Waals surface area contributed by atoms with Gasteiger partial charge in [-0.05, 0) is 48.4 Å². The van der Waals surface area contributed by atoms with E-state index in [4.69, 9.17) is 15.2 Å². The fourth-order valence-corrected chi connectivity index (χ4v) is 2.82. The maximum atomic E-state index is 13.7. The van der Waals surface area contributed by atoms with Crippen molar-refractivity contribution < 1.29 is 18.7 Å². The van der Waals surface area contributed by atoms with Gasteiger partial charge in [0.05, 0.1) is 19.3 Å². The van der Waals surface area contributed by atoms with Crippen LogP contribution in [0.4, 0.5) is 4.39 Å². The van der Waals surface area contributed by atoms with Crippen LogP contribution < -0.4 is 10.5 Å². The fourth-order valence-electron chi connectivity index (χ4n) is 2.82. The number of benzene rings is 2. The van der Waals surface area contributed by atoms with Gasteiger partial charge in [0.1, 0.15) is 17.7 Å². The SMILES string of the molecule is Cc1ccc(C(N)C(=O)c2ccc(OC3CCOCC3)cc2)cc1F.Cl. The lowest BCUT2D eigenvalue weighted by Gasteiger charge is -2.23. The molecule has 0 aliphatic carbocycles. The van der Waals surface area contributed by atoms with Crippen LogP contribution in [0.1, 0.15) is 40.4 Å². The predicted octanol–water partition coefficient (Wildman–Crippen LogP) is 4.00. The second-order valence-electron chi connectivity index (χ2n) is 6.30. The number of hydrogen-bond donors (Lipinski definition) is 1. The number of nitrogens with two attached hydrogens (primary N) is 1. The monoisotopic (exact) mass is 379 g/mol. The molecule has 3 rings (SSSR count). The molecule has 6 heteroatoms. The van der Waals surface area contributed by atoms with Crippen molar-refractivity contribution in [3.8, 4) is 5.75 Å². The first-order valence-corrected chi connectivity index (χ1v) is 8.45. The molecule has 0 amide bonds. The zero-order valence-electron chi connectivity index (χ0n) is 14.6. The van der Waals surface area contributed by atoms with E-state index in [-0.39, 0.29) is 30.1 Å². The number of carbonyl (C=O) groups is 1. The molecule has 1 saturated heterocycles. The summed E-state index contributed by atoms with van der Waals surface area (Å²) in [6, 6.07) is 10.7. The Morgan fingerprint density at radius 1 is 1.19 bits per heavy atom. The van der Waals surface area contributed by atoms with Gasteiger partial charge in [-0.3, -0.25) is 4.79 Å². The molecule has 0 saturated carbocycles. The molecule has 140 valence electrons. The molecular weight excluding hydrogens is 357 g/mol. The Bertz CT molecular complexity index is 745. The Morgan fingerprint density at radius 2 is 1.85 bits per heavy atom. The molecule has 1 aliphatic rings. The number of hydrogen-bond acceptors (Lipinski definition) is 4. The maximum Gasteiger partial charge on any atom is 0.184 e. The summed E-state index contributed by atoms with van der Waals surface area (Å²) in [7, 11) is 0. The Kier molecular flexibility index (Phi) is 7.14. The summed E-state index contributed by atoms with van der Waals surface area (Å²) in [5.41, 5.74) is 7.49. The summed E-state index contributed by atoms with van der Waals surface area (Å²) in [4.78, 5) is 12.5. The highest BCUT2D eigenvalue weighted by Crippen LogP contribution is 2.22. The summed E-state index contributed by atoms with van der Waals surface area (Å²) in [6.07, 6.45) is 1.88. The third-order valence-corrected chi connectivity index (χ3v) is 4.45. The van der Waals surface area contributed by atoms with Crippen LogP contribution in [-0.4, -0.2) is 25.1 Å². The van der Waals surface area contributed by atoms with Gasteiger partial charge in [0.15, 0.2) is 5.78 Å². The number of ether oxygens (including phenoxy) is 2. The van der Waals surface area contributed by atoms with Crippen LogP contribution in [0.5, 0.6) is 5.75 Å². The molecule has 0 spiro atoms. The van der Waals surface area contributed by atoms with Crippen molar-refractivity contribution in [3.05, 3.63) is 65.0 Å². The Labute approximate surface area is 158 Å². The first-order chi connectivity index (χ1) is 12.0. The molecule has 2 aromatic rings. The molecular formula is C20H23ClFNO3. The summed E-state index contributed by atoms with van der Waals surface area (Å²) in [5.74, 6) is 0.111. The summed E-state index contributed by atoms with van der Waals surface area (Å²) in [6.45, 7) is 3.09. The number of rotatable bonds is 5. The second kappa shape index (κ2) is 9.12. The molecule has 1 unspecified atom stereocenters. The van der Waals surface area contributed by atoms with E-state index >= 15 is 0 Å². The van der Waals surface area contributed by atoms with Crippen LogP contribution in [0.25, 0.3) is 0 Å². The van der Waals surface area contributed by atoms with Gasteiger partial charge < -0.3 is 15.2 Å². The zero-order valence-corrected chi connectivity index (χ0v) is 15.4. The minimum absolute atomic E-state index is 0. The zero-order chi connectivity index (χ0) is 17.8. The highest BCUT2D eigenvalue weighted by molar-refractivity contribution is 6.00. The van der Waals surface area contributed by atoms with Crippen molar-refractivity contribution in [1.29, 1.82) is 0 Å². The molecule has 2 aromatic carbocycles. The van der Waals surface area contributed by atoms with Crippen LogP contribution in [-0.2, 0) is 4.74 Å².